The van der Waals surface area contributed by atoms with Crippen LogP contribution in [0.1, 0.15) is 67.9 Å². The minimum atomic E-state index is -0.545. The molecule has 210 valence electrons. The monoisotopic (exact) mass is 562 g/mol. The fraction of sp³-hybridized carbons (Fsp3) is 0.400. The van der Waals surface area contributed by atoms with Crippen molar-refractivity contribution in [2.45, 2.75) is 45.4 Å². The van der Waals surface area contributed by atoms with E-state index in [1.807, 2.05) is 68.9 Å². The molecule has 2 amide bonds. The van der Waals surface area contributed by atoms with E-state index in [1.54, 1.807) is 17.4 Å². The number of pyridine rings is 1. The number of hydrogen-bond acceptors (Lipinski definition) is 6. The van der Waals surface area contributed by atoms with Crippen LogP contribution >= 0.6 is 11.6 Å². The fourth-order valence-electron chi connectivity index (χ4n) is 5.45. The van der Waals surface area contributed by atoms with E-state index in [1.165, 1.54) is 6.92 Å². The van der Waals surface area contributed by atoms with Crippen molar-refractivity contribution in [3.8, 4) is 0 Å². The van der Waals surface area contributed by atoms with Gasteiger partial charge in [-0.05, 0) is 67.3 Å². The maximum Gasteiger partial charge on any atom is 0.410 e. The van der Waals surface area contributed by atoms with Crippen LogP contribution in [0, 0.1) is 0 Å². The Bertz CT molecular complexity index is 1450. The first kappa shape index (κ1) is 27.9. The summed E-state index contributed by atoms with van der Waals surface area (Å²) in [6, 6.07) is 9.24. The summed E-state index contributed by atoms with van der Waals surface area (Å²) in [7, 11) is 1.91. The van der Waals surface area contributed by atoms with Crippen LogP contribution in [-0.2, 0) is 16.6 Å². The lowest BCUT2D eigenvalue weighted by Crippen LogP contribution is -2.51. The maximum absolute atomic E-state index is 12.7. The molecule has 1 N–H and O–H groups in total. The van der Waals surface area contributed by atoms with Crippen LogP contribution in [0.4, 0.5) is 4.79 Å². The van der Waals surface area contributed by atoms with Crippen LogP contribution < -0.4 is 5.32 Å². The first-order valence-electron chi connectivity index (χ1n) is 13.4. The second-order valence-electron chi connectivity index (χ2n) is 11.3. The molecule has 3 heterocycles. The lowest BCUT2D eigenvalue weighted by Gasteiger charge is -2.40. The highest BCUT2D eigenvalue weighted by Crippen LogP contribution is 2.44. The number of benzene rings is 1. The Balaban J connectivity index is 1.58. The Morgan fingerprint density at radius 1 is 1.15 bits per heavy atom. The Morgan fingerprint density at radius 3 is 2.55 bits per heavy atom. The van der Waals surface area contributed by atoms with E-state index in [-0.39, 0.29) is 18.0 Å². The van der Waals surface area contributed by atoms with E-state index < -0.39 is 11.6 Å². The van der Waals surface area contributed by atoms with Gasteiger partial charge in [0, 0.05) is 51.4 Å². The zero-order valence-corrected chi connectivity index (χ0v) is 24.3. The van der Waals surface area contributed by atoms with Gasteiger partial charge in [-0.3, -0.25) is 14.7 Å². The summed E-state index contributed by atoms with van der Waals surface area (Å²) in [4.78, 5) is 38.5. The molecule has 1 aromatic carbocycles. The summed E-state index contributed by atoms with van der Waals surface area (Å²) >= 11 is 6.59. The number of nitrogens with zero attached hydrogens (tertiary/aromatic N) is 5. The SMILES string of the molecule is CC(=O)N[C@@H](C1=Cc2cccnc2[C@@H](N2CCN(C(=O)OC(C)(C)C)CC2)c2ccc(Cl)cc21)c1cncn1C. The molecule has 3 aromatic rings. The van der Waals surface area contributed by atoms with Gasteiger partial charge < -0.3 is 19.5 Å². The van der Waals surface area contributed by atoms with E-state index in [0.29, 0.717) is 31.2 Å². The van der Waals surface area contributed by atoms with E-state index in [9.17, 15) is 9.59 Å². The van der Waals surface area contributed by atoms with Gasteiger partial charge in [-0.25, -0.2) is 9.78 Å². The van der Waals surface area contributed by atoms with Gasteiger partial charge in [-0.1, -0.05) is 23.7 Å². The Kier molecular flexibility index (Phi) is 7.70. The average Bonchev–Trinajstić information content (AvgIpc) is 3.26. The zero-order chi connectivity index (χ0) is 28.6. The fourth-order valence-corrected chi connectivity index (χ4v) is 5.62. The van der Waals surface area contributed by atoms with Gasteiger partial charge in [0.05, 0.1) is 36.0 Å². The van der Waals surface area contributed by atoms with Gasteiger partial charge in [0.1, 0.15) is 5.60 Å². The predicted octanol–water partition coefficient (Wildman–Crippen LogP) is 4.84. The van der Waals surface area contributed by atoms with E-state index in [2.05, 4.69) is 21.3 Å². The number of rotatable bonds is 4. The summed E-state index contributed by atoms with van der Waals surface area (Å²) in [5, 5.41) is 3.74. The highest BCUT2D eigenvalue weighted by atomic mass is 35.5. The number of piperazine rings is 1. The van der Waals surface area contributed by atoms with Crippen LogP contribution in [0.2, 0.25) is 5.02 Å². The molecular formula is C30H35ClN6O3. The Labute approximate surface area is 239 Å². The molecule has 2 atom stereocenters. The lowest BCUT2D eigenvalue weighted by molar-refractivity contribution is -0.119. The third kappa shape index (κ3) is 5.76. The highest BCUT2D eigenvalue weighted by molar-refractivity contribution is 6.30. The topological polar surface area (TPSA) is 92.6 Å². The number of fused-ring (bicyclic) bond motifs is 2. The van der Waals surface area contributed by atoms with Crippen LogP contribution in [-0.4, -0.2) is 68.1 Å². The average molecular weight is 563 g/mol. The van der Waals surface area contributed by atoms with Crippen molar-refractivity contribution in [2.75, 3.05) is 26.2 Å². The third-order valence-corrected chi connectivity index (χ3v) is 7.44. The third-order valence-electron chi connectivity index (χ3n) is 7.20. The number of aromatic nitrogens is 3. The number of imidazole rings is 1. The number of aryl methyl sites for hydroxylation is 1. The molecule has 1 saturated heterocycles. The number of ether oxygens (including phenoxy) is 1. The summed E-state index contributed by atoms with van der Waals surface area (Å²) in [6.07, 6.45) is 7.11. The quantitative estimate of drug-likeness (QED) is 0.489. The number of halogens is 1. The summed E-state index contributed by atoms with van der Waals surface area (Å²) in [5.74, 6) is -0.152. The van der Waals surface area contributed by atoms with Crippen molar-refractivity contribution < 1.29 is 14.3 Å². The van der Waals surface area contributed by atoms with Gasteiger partial charge in [0.25, 0.3) is 0 Å². The van der Waals surface area contributed by atoms with Gasteiger partial charge in [-0.15, -0.1) is 0 Å². The normalized spacial score (nSPS) is 18.2. The molecule has 0 spiro atoms. The van der Waals surface area contributed by atoms with Gasteiger partial charge in [0.15, 0.2) is 0 Å². The number of carbonyl (C=O) groups excluding carboxylic acids is 2. The summed E-state index contributed by atoms with van der Waals surface area (Å²) < 4.78 is 7.52. The number of hydrogen-bond donors (Lipinski definition) is 1. The molecular weight excluding hydrogens is 528 g/mol. The number of amides is 2. The van der Waals surface area contributed by atoms with Gasteiger partial charge in [0.2, 0.25) is 5.91 Å². The van der Waals surface area contributed by atoms with Crippen LogP contribution in [0.15, 0.2) is 49.1 Å². The highest BCUT2D eigenvalue weighted by Gasteiger charge is 2.36. The van der Waals surface area contributed by atoms with Crippen molar-refractivity contribution in [3.05, 3.63) is 82.2 Å². The molecule has 9 nitrogen and oxygen atoms in total. The number of nitrogens with one attached hydrogen (secondary N) is 1. The zero-order valence-electron chi connectivity index (χ0n) is 23.5. The summed E-state index contributed by atoms with van der Waals surface area (Å²) in [6.45, 7) is 9.52. The van der Waals surface area contributed by atoms with Crippen LogP contribution in [0.3, 0.4) is 0 Å². The second kappa shape index (κ2) is 11.1. The van der Waals surface area contributed by atoms with Crippen molar-refractivity contribution in [1.82, 2.24) is 29.7 Å². The predicted molar refractivity (Wildman–Crippen MR) is 155 cm³/mol. The molecule has 1 aliphatic carbocycles. The van der Waals surface area contributed by atoms with Crippen LogP contribution in [0.25, 0.3) is 11.6 Å². The molecule has 0 saturated carbocycles. The molecule has 10 heteroatoms. The molecule has 1 fully saturated rings. The van der Waals surface area contributed by atoms with Crippen molar-refractivity contribution in [3.63, 3.8) is 0 Å². The minimum absolute atomic E-state index is 0.152. The van der Waals surface area contributed by atoms with Gasteiger partial charge in [-0.2, -0.15) is 0 Å². The molecule has 0 radical (unpaired) electrons. The van der Waals surface area contributed by atoms with E-state index in [0.717, 1.165) is 33.7 Å². The van der Waals surface area contributed by atoms with E-state index in [4.69, 9.17) is 21.3 Å². The Hall–Kier alpha value is -3.69. The first-order valence-corrected chi connectivity index (χ1v) is 13.8. The van der Waals surface area contributed by atoms with Crippen LogP contribution in [0.5, 0.6) is 0 Å². The smallest absolute Gasteiger partial charge is 0.410 e. The van der Waals surface area contributed by atoms with Crippen molar-refractivity contribution >= 4 is 35.3 Å². The first-order chi connectivity index (χ1) is 19.0. The van der Waals surface area contributed by atoms with Gasteiger partial charge >= 0.3 is 6.09 Å². The minimum Gasteiger partial charge on any atom is -0.444 e. The molecule has 40 heavy (non-hydrogen) atoms. The second-order valence-corrected chi connectivity index (χ2v) is 11.7. The Morgan fingerprint density at radius 2 is 1.90 bits per heavy atom. The van der Waals surface area contributed by atoms with Crippen molar-refractivity contribution in [2.24, 2.45) is 7.05 Å². The number of carbonyl (C=O) groups is 2. The van der Waals surface area contributed by atoms with E-state index >= 15 is 0 Å². The standard InChI is InChI=1S/C30H35ClN6O3/c1-19(38)34-27(25-17-32-18-35(25)5)24-15-20-7-6-10-33-26(20)28(22-9-8-21(31)16-23(22)24)36-11-13-37(14-12-36)29(39)40-30(2,3)4/h6-10,15-18,27-28H,11-14H2,1-5H3,(H,34,38)/t27-,28-/m0/s1. The summed E-state index contributed by atoms with van der Waals surface area (Å²) in [5.41, 5.74) is 5.06. The molecule has 1 aliphatic heterocycles. The molecule has 0 unspecified atom stereocenters. The van der Waals surface area contributed by atoms with Crippen molar-refractivity contribution in [1.29, 1.82) is 0 Å². The molecule has 2 aromatic heterocycles. The largest absolute Gasteiger partial charge is 0.444 e. The maximum atomic E-state index is 12.7. The molecule has 2 aliphatic rings. The lowest BCUT2D eigenvalue weighted by atomic mass is 9.89. The molecule has 5 rings (SSSR count). The molecule has 0 bridgehead atoms.